The Morgan fingerprint density at radius 1 is 1.33 bits per heavy atom. The van der Waals surface area contributed by atoms with E-state index in [9.17, 15) is 5.11 Å². The van der Waals surface area contributed by atoms with E-state index in [-0.39, 0.29) is 18.4 Å². The van der Waals surface area contributed by atoms with Crippen molar-refractivity contribution in [3.8, 4) is 11.8 Å². The van der Waals surface area contributed by atoms with Crippen molar-refractivity contribution in [2.45, 2.75) is 12.5 Å². The second-order valence-corrected chi connectivity index (χ2v) is 6.13. The monoisotopic (exact) mass is 362 g/mol. The summed E-state index contributed by atoms with van der Waals surface area (Å²) >= 11 is 0. The number of rotatable bonds is 5. The molecule has 3 rings (SSSR count). The first-order valence-corrected chi connectivity index (χ1v) is 8.73. The van der Waals surface area contributed by atoms with E-state index in [2.05, 4.69) is 45.6 Å². The number of aliphatic hydroxyl groups is 2. The zero-order chi connectivity index (χ0) is 19.2. The molecule has 0 radical (unpaired) electrons. The van der Waals surface area contributed by atoms with Gasteiger partial charge in [0.1, 0.15) is 18.2 Å². The van der Waals surface area contributed by atoms with Gasteiger partial charge in [-0.3, -0.25) is 0 Å². The van der Waals surface area contributed by atoms with Gasteiger partial charge < -0.3 is 20.8 Å². The molecule has 1 aromatic heterocycles. The molecule has 6 nitrogen and oxygen atoms in total. The molecule has 1 aliphatic rings. The highest BCUT2D eigenvalue weighted by Gasteiger charge is 2.18. The average molecular weight is 362 g/mol. The van der Waals surface area contributed by atoms with Crippen LogP contribution in [-0.4, -0.2) is 45.9 Å². The number of nitrogens with zero attached hydrogens (tertiary/aromatic N) is 2. The molecule has 2 heterocycles. The fraction of sp³-hybridized carbons (Fsp3) is 0.238. The normalized spacial score (nSPS) is 17.0. The lowest BCUT2D eigenvalue weighted by Crippen LogP contribution is -2.23. The van der Waals surface area contributed by atoms with Gasteiger partial charge >= 0.3 is 0 Å². The van der Waals surface area contributed by atoms with Crippen LogP contribution in [0.15, 0.2) is 49.3 Å². The summed E-state index contributed by atoms with van der Waals surface area (Å²) in [7, 11) is 0. The molecule has 1 fully saturated rings. The average Bonchev–Trinajstić information content (AvgIpc) is 3.20. The van der Waals surface area contributed by atoms with Crippen LogP contribution in [0.2, 0.25) is 0 Å². The van der Waals surface area contributed by atoms with Crippen LogP contribution in [0.4, 0.5) is 5.82 Å². The number of aliphatic hydroxyl groups excluding tert-OH is 2. The van der Waals surface area contributed by atoms with Gasteiger partial charge in [0.15, 0.2) is 5.82 Å². The third kappa shape index (κ3) is 4.17. The maximum absolute atomic E-state index is 10.1. The molecule has 1 unspecified atom stereocenters. The molecule has 1 aromatic carbocycles. The molecule has 138 valence electrons. The third-order valence-corrected chi connectivity index (χ3v) is 4.32. The summed E-state index contributed by atoms with van der Waals surface area (Å²) in [5.74, 6) is 6.58. The smallest absolute Gasteiger partial charge is 0.165 e. The van der Waals surface area contributed by atoms with Crippen molar-refractivity contribution in [2.24, 2.45) is 0 Å². The van der Waals surface area contributed by atoms with E-state index in [0.717, 1.165) is 36.0 Å². The van der Waals surface area contributed by atoms with E-state index >= 15 is 0 Å². The zero-order valence-corrected chi connectivity index (χ0v) is 15.0. The molecule has 0 bridgehead atoms. The van der Waals surface area contributed by atoms with Gasteiger partial charge in [-0.2, -0.15) is 0 Å². The van der Waals surface area contributed by atoms with Crippen LogP contribution in [0.3, 0.4) is 0 Å². The SMILES string of the molecule is C=C/C(O)=C(\C=C)c1nc(NC2CCNC2)c2cc(C#CCO)ccc2n1. The second kappa shape index (κ2) is 8.49. The Hall–Kier alpha value is -3.14. The number of hydrogen-bond acceptors (Lipinski definition) is 6. The number of nitrogens with one attached hydrogen (secondary N) is 2. The van der Waals surface area contributed by atoms with Crippen molar-refractivity contribution < 1.29 is 10.2 Å². The molecular formula is C21H22N4O2. The first-order valence-electron chi connectivity index (χ1n) is 8.73. The van der Waals surface area contributed by atoms with Gasteiger partial charge in [0.25, 0.3) is 0 Å². The summed E-state index contributed by atoms with van der Waals surface area (Å²) in [5.41, 5.74) is 1.91. The summed E-state index contributed by atoms with van der Waals surface area (Å²) in [6.07, 6.45) is 3.85. The van der Waals surface area contributed by atoms with Gasteiger partial charge in [-0.25, -0.2) is 9.97 Å². The van der Waals surface area contributed by atoms with Crippen LogP contribution in [0, 0.1) is 11.8 Å². The molecule has 1 saturated heterocycles. The maximum Gasteiger partial charge on any atom is 0.165 e. The summed E-state index contributed by atoms with van der Waals surface area (Å²) in [6, 6.07) is 5.85. The van der Waals surface area contributed by atoms with Gasteiger partial charge in [-0.1, -0.05) is 31.1 Å². The summed E-state index contributed by atoms with van der Waals surface area (Å²) in [4.78, 5) is 9.21. The highest BCUT2D eigenvalue weighted by molar-refractivity contribution is 5.92. The lowest BCUT2D eigenvalue weighted by molar-refractivity contribution is 0.350. The molecule has 1 aliphatic heterocycles. The van der Waals surface area contributed by atoms with E-state index in [1.165, 1.54) is 12.2 Å². The van der Waals surface area contributed by atoms with Crippen molar-refractivity contribution in [1.29, 1.82) is 0 Å². The van der Waals surface area contributed by atoms with E-state index in [1.807, 2.05) is 18.2 Å². The molecule has 6 heteroatoms. The molecule has 4 N–H and O–H groups in total. The van der Waals surface area contributed by atoms with Gasteiger partial charge in [-0.15, -0.1) is 0 Å². The predicted octanol–water partition coefficient (Wildman–Crippen LogP) is 2.39. The van der Waals surface area contributed by atoms with Gasteiger partial charge in [0, 0.05) is 23.5 Å². The van der Waals surface area contributed by atoms with Crippen molar-refractivity contribution in [1.82, 2.24) is 15.3 Å². The lowest BCUT2D eigenvalue weighted by atomic mass is 10.1. The highest BCUT2D eigenvalue weighted by Crippen LogP contribution is 2.26. The molecule has 2 aromatic rings. The van der Waals surface area contributed by atoms with Crippen molar-refractivity contribution in [2.75, 3.05) is 25.0 Å². The van der Waals surface area contributed by atoms with Crippen molar-refractivity contribution in [3.05, 3.63) is 60.7 Å². The van der Waals surface area contributed by atoms with Crippen LogP contribution < -0.4 is 10.6 Å². The number of benzene rings is 1. The van der Waals surface area contributed by atoms with E-state index < -0.39 is 0 Å². The summed E-state index contributed by atoms with van der Waals surface area (Å²) in [5, 5.41) is 26.6. The third-order valence-electron chi connectivity index (χ3n) is 4.32. The molecule has 1 atom stereocenters. The fourth-order valence-electron chi connectivity index (χ4n) is 2.97. The minimum absolute atomic E-state index is 0.0248. The van der Waals surface area contributed by atoms with E-state index in [0.29, 0.717) is 17.2 Å². The molecule has 27 heavy (non-hydrogen) atoms. The molecule has 0 spiro atoms. The van der Waals surface area contributed by atoms with E-state index in [1.54, 1.807) is 0 Å². The fourth-order valence-corrected chi connectivity index (χ4v) is 2.97. The topological polar surface area (TPSA) is 90.3 Å². The predicted molar refractivity (Wildman–Crippen MR) is 108 cm³/mol. The van der Waals surface area contributed by atoms with Crippen LogP contribution in [0.1, 0.15) is 17.8 Å². The second-order valence-electron chi connectivity index (χ2n) is 6.13. The Bertz CT molecular complexity index is 963. The Balaban J connectivity index is 2.16. The standard InChI is InChI=1S/C21H22N4O2/c1-3-16(19(27)4-2)20-24-18-8-7-14(6-5-11-26)12-17(18)21(25-20)23-15-9-10-22-13-15/h3-4,7-8,12,15,22,26-27H,1-2,9-11,13H2,(H,23,24,25)/b19-16-. The number of hydrogen-bond donors (Lipinski definition) is 4. The Morgan fingerprint density at radius 3 is 2.85 bits per heavy atom. The van der Waals surface area contributed by atoms with E-state index in [4.69, 9.17) is 5.11 Å². The number of anilines is 1. The van der Waals surface area contributed by atoms with Gasteiger partial charge in [0.05, 0.1) is 11.1 Å². The molecule has 0 saturated carbocycles. The molecular weight excluding hydrogens is 340 g/mol. The Labute approximate surface area is 158 Å². The number of fused-ring (bicyclic) bond motifs is 1. The largest absolute Gasteiger partial charge is 0.507 e. The minimum Gasteiger partial charge on any atom is -0.507 e. The van der Waals surface area contributed by atoms with Crippen LogP contribution in [-0.2, 0) is 0 Å². The zero-order valence-electron chi connectivity index (χ0n) is 15.0. The van der Waals surface area contributed by atoms with Crippen LogP contribution in [0.25, 0.3) is 16.5 Å². The van der Waals surface area contributed by atoms with Gasteiger partial charge in [0.2, 0.25) is 0 Å². The first kappa shape index (κ1) is 18.6. The van der Waals surface area contributed by atoms with Crippen molar-refractivity contribution >= 4 is 22.3 Å². The summed E-state index contributed by atoms with van der Waals surface area (Å²) < 4.78 is 0. The van der Waals surface area contributed by atoms with Crippen LogP contribution in [0.5, 0.6) is 0 Å². The minimum atomic E-state index is -0.194. The molecule has 0 amide bonds. The molecule has 0 aliphatic carbocycles. The first-order chi connectivity index (χ1) is 13.2. The summed E-state index contributed by atoms with van der Waals surface area (Å²) in [6.45, 7) is 8.96. The van der Waals surface area contributed by atoms with Crippen molar-refractivity contribution in [3.63, 3.8) is 0 Å². The maximum atomic E-state index is 10.1. The Kier molecular flexibility index (Phi) is 5.87. The lowest BCUT2D eigenvalue weighted by Gasteiger charge is -2.16. The van der Waals surface area contributed by atoms with Crippen LogP contribution >= 0.6 is 0 Å². The number of aromatic nitrogens is 2. The highest BCUT2D eigenvalue weighted by atomic mass is 16.3. The quantitative estimate of drug-likeness (QED) is 0.371. The number of allylic oxidation sites excluding steroid dienone is 3. The Morgan fingerprint density at radius 2 is 2.19 bits per heavy atom. The van der Waals surface area contributed by atoms with Gasteiger partial charge in [-0.05, 0) is 37.2 Å².